The van der Waals surface area contributed by atoms with E-state index in [2.05, 4.69) is 140 Å². The van der Waals surface area contributed by atoms with Crippen molar-refractivity contribution in [3.05, 3.63) is 176 Å². The SMILES string of the molecule is c1ccc(-c2cccc(-c3nc(-c4ccccc4)nc(-c4ccc5c(c4)sc4c(-c6ccccc6)cc(-c6ccccc6)cc45)n3)c2)cc1. The lowest BCUT2D eigenvalue weighted by atomic mass is 9.96. The van der Waals surface area contributed by atoms with Crippen molar-refractivity contribution < 1.29 is 0 Å². The lowest BCUT2D eigenvalue weighted by Gasteiger charge is -2.10. The van der Waals surface area contributed by atoms with Crippen LogP contribution in [0.15, 0.2) is 176 Å². The van der Waals surface area contributed by atoms with Gasteiger partial charge >= 0.3 is 0 Å². The van der Waals surface area contributed by atoms with Crippen LogP contribution >= 0.6 is 11.3 Å². The molecule has 0 N–H and O–H groups in total. The Labute approximate surface area is 288 Å². The molecule has 0 atom stereocenters. The maximum atomic E-state index is 5.10. The van der Waals surface area contributed by atoms with Crippen molar-refractivity contribution >= 4 is 31.5 Å². The van der Waals surface area contributed by atoms with Gasteiger partial charge < -0.3 is 0 Å². The molecule has 230 valence electrons. The zero-order valence-corrected chi connectivity index (χ0v) is 27.3. The summed E-state index contributed by atoms with van der Waals surface area (Å²) in [6, 6.07) is 61.6. The Kier molecular flexibility index (Phi) is 7.34. The molecule has 2 aromatic heterocycles. The van der Waals surface area contributed by atoms with Crippen LogP contribution in [0.3, 0.4) is 0 Å². The molecule has 0 saturated heterocycles. The molecule has 0 aliphatic heterocycles. The average Bonchev–Trinajstić information content (AvgIpc) is 3.57. The first-order valence-electron chi connectivity index (χ1n) is 16.4. The van der Waals surface area contributed by atoms with Crippen LogP contribution < -0.4 is 0 Å². The van der Waals surface area contributed by atoms with Gasteiger partial charge in [0.05, 0.1) is 0 Å². The van der Waals surface area contributed by atoms with E-state index in [1.807, 2.05) is 47.7 Å². The molecule has 0 saturated carbocycles. The molecule has 4 heteroatoms. The summed E-state index contributed by atoms with van der Waals surface area (Å²) in [5, 5.41) is 2.48. The lowest BCUT2D eigenvalue weighted by molar-refractivity contribution is 1.07. The van der Waals surface area contributed by atoms with Crippen LogP contribution in [-0.4, -0.2) is 15.0 Å². The van der Waals surface area contributed by atoms with Crippen LogP contribution in [0.5, 0.6) is 0 Å². The number of fused-ring (bicyclic) bond motifs is 3. The zero-order valence-electron chi connectivity index (χ0n) is 26.5. The van der Waals surface area contributed by atoms with Gasteiger partial charge in [0, 0.05) is 42.4 Å². The number of hydrogen-bond donors (Lipinski definition) is 0. The van der Waals surface area contributed by atoms with E-state index in [1.54, 1.807) is 0 Å². The Morgan fingerprint density at radius 1 is 0.306 bits per heavy atom. The molecule has 0 unspecified atom stereocenters. The van der Waals surface area contributed by atoms with Crippen molar-refractivity contribution in [2.45, 2.75) is 0 Å². The van der Waals surface area contributed by atoms with Gasteiger partial charge in [0.1, 0.15) is 0 Å². The Hall–Kier alpha value is -6.23. The lowest BCUT2D eigenvalue weighted by Crippen LogP contribution is -2.00. The first-order valence-corrected chi connectivity index (χ1v) is 17.2. The quantitative estimate of drug-likeness (QED) is 0.181. The van der Waals surface area contributed by atoms with E-state index in [-0.39, 0.29) is 0 Å². The highest BCUT2D eigenvalue weighted by atomic mass is 32.1. The molecule has 0 bridgehead atoms. The topological polar surface area (TPSA) is 38.7 Å². The van der Waals surface area contributed by atoms with Gasteiger partial charge in [-0.1, -0.05) is 152 Å². The van der Waals surface area contributed by atoms with Gasteiger partial charge in [0.15, 0.2) is 17.5 Å². The maximum absolute atomic E-state index is 5.10. The van der Waals surface area contributed by atoms with Crippen LogP contribution in [-0.2, 0) is 0 Å². The molecule has 49 heavy (non-hydrogen) atoms. The molecule has 7 aromatic carbocycles. The van der Waals surface area contributed by atoms with E-state index in [4.69, 9.17) is 15.0 Å². The fraction of sp³-hybridized carbons (Fsp3) is 0. The summed E-state index contributed by atoms with van der Waals surface area (Å²) in [4.78, 5) is 15.1. The van der Waals surface area contributed by atoms with Gasteiger partial charge in [0.2, 0.25) is 0 Å². The number of rotatable bonds is 6. The van der Waals surface area contributed by atoms with E-state index >= 15 is 0 Å². The second kappa shape index (κ2) is 12.4. The molecule has 0 radical (unpaired) electrons. The Bertz CT molecular complexity index is 2580. The monoisotopic (exact) mass is 643 g/mol. The minimum absolute atomic E-state index is 0.650. The average molecular weight is 644 g/mol. The van der Waals surface area contributed by atoms with Crippen LogP contribution in [0, 0.1) is 0 Å². The number of nitrogens with zero attached hydrogens (tertiary/aromatic N) is 3. The number of thiophene rings is 1. The van der Waals surface area contributed by atoms with Crippen LogP contribution in [0.1, 0.15) is 0 Å². The first-order chi connectivity index (χ1) is 24.3. The highest BCUT2D eigenvalue weighted by Crippen LogP contribution is 2.43. The summed E-state index contributed by atoms with van der Waals surface area (Å²) < 4.78 is 2.47. The molecule has 0 spiro atoms. The number of benzene rings is 7. The minimum Gasteiger partial charge on any atom is -0.208 e. The van der Waals surface area contributed by atoms with E-state index in [1.165, 1.54) is 42.4 Å². The van der Waals surface area contributed by atoms with Crippen molar-refractivity contribution in [1.29, 1.82) is 0 Å². The Morgan fingerprint density at radius 3 is 1.43 bits per heavy atom. The third kappa shape index (κ3) is 5.58. The minimum atomic E-state index is 0.650. The predicted octanol–water partition coefficient (Wildman–Crippen LogP) is 12.2. The fourth-order valence-corrected chi connectivity index (χ4v) is 7.72. The van der Waals surface area contributed by atoms with E-state index in [0.29, 0.717) is 17.5 Å². The largest absolute Gasteiger partial charge is 0.208 e. The molecule has 0 fully saturated rings. The van der Waals surface area contributed by atoms with Crippen molar-refractivity contribution in [2.75, 3.05) is 0 Å². The third-order valence-electron chi connectivity index (χ3n) is 8.92. The zero-order chi connectivity index (χ0) is 32.6. The molecule has 0 amide bonds. The van der Waals surface area contributed by atoms with E-state index in [9.17, 15) is 0 Å². The van der Waals surface area contributed by atoms with Gasteiger partial charge in [0.25, 0.3) is 0 Å². The van der Waals surface area contributed by atoms with Gasteiger partial charge in [-0.25, -0.2) is 15.0 Å². The summed E-state index contributed by atoms with van der Waals surface area (Å²) in [6.45, 7) is 0. The van der Waals surface area contributed by atoms with Crippen molar-refractivity contribution in [2.24, 2.45) is 0 Å². The Morgan fingerprint density at radius 2 is 0.796 bits per heavy atom. The van der Waals surface area contributed by atoms with E-state index in [0.717, 1.165) is 27.8 Å². The van der Waals surface area contributed by atoms with Crippen molar-refractivity contribution in [3.8, 4) is 67.5 Å². The molecule has 3 nitrogen and oxygen atoms in total. The summed E-state index contributed by atoms with van der Waals surface area (Å²) in [5.74, 6) is 1.96. The molecule has 0 aliphatic rings. The molecule has 2 heterocycles. The highest BCUT2D eigenvalue weighted by Gasteiger charge is 2.17. The van der Waals surface area contributed by atoms with Crippen molar-refractivity contribution in [1.82, 2.24) is 15.0 Å². The number of aromatic nitrogens is 3. The molecule has 0 aliphatic carbocycles. The van der Waals surface area contributed by atoms with Crippen LogP contribution in [0.25, 0.3) is 87.7 Å². The van der Waals surface area contributed by atoms with Gasteiger partial charge in [-0.05, 0) is 52.1 Å². The summed E-state index contributed by atoms with van der Waals surface area (Å²) in [6.07, 6.45) is 0. The van der Waals surface area contributed by atoms with E-state index < -0.39 is 0 Å². The van der Waals surface area contributed by atoms with Crippen LogP contribution in [0.2, 0.25) is 0 Å². The van der Waals surface area contributed by atoms with Crippen molar-refractivity contribution in [3.63, 3.8) is 0 Å². The summed E-state index contributed by atoms with van der Waals surface area (Å²) in [7, 11) is 0. The van der Waals surface area contributed by atoms with Gasteiger partial charge in [-0.3, -0.25) is 0 Å². The first kappa shape index (κ1) is 29.0. The fourth-order valence-electron chi connectivity index (χ4n) is 6.47. The summed E-state index contributed by atoms with van der Waals surface area (Å²) in [5.41, 5.74) is 10.0. The predicted molar refractivity (Wildman–Crippen MR) is 205 cm³/mol. The Balaban J connectivity index is 1.22. The third-order valence-corrected chi connectivity index (χ3v) is 10.1. The van der Waals surface area contributed by atoms with Gasteiger partial charge in [-0.2, -0.15) is 0 Å². The molecular formula is C45H29N3S. The second-order valence-corrected chi connectivity index (χ2v) is 13.1. The standard InChI is InChI=1S/C45H29N3S/c1-5-14-30(15-6-1)34-22-13-23-35(26-34)44-46-43(33-20-11-4-12-21-33)47-45(48-44)36-24-25-38-40-28-37(31-16-7-2-8-17-31)27-39(32-18-9-3-10-19-32)42(40)49-41(38)29-36/h1-29H. The smallest absolute Gasteiger partial charge is 0.164 e. The maximum Gasteiger partial charge on any atom is 0.164 e. The van der Waals surface area contributed by atoms with Gasteiger partial charge in [-0.15, -0.1) is 11.3 Å². The highest BCUT2D eigenvalue weighted by molar-refractivity contribution is 7.26. The second-order valence-electron chi connectivity index (χ2n) is 12.1. The molecule has 9 rings (SSSR count). The van der Waals surface area contributed by atoms with Crippen LogP contribution in [0.4, 0.5) is 0 Å². The molecule has 9 aromatic rings. The number of hydrogen-bond acceptors (Lipinski definition) is 4. The molecular weight excluding hydrogens is 615 g/mol. The summed E-state index contributed by atoms with van der Waals surface area (Å²) >= 11 is 1.83. The normalized spacial score (nSPS) is 11.3.